The summed E-state index contributed by atoms with van der Waals surface area (Å²) in [5, 5.41) is 2.89. The van der Waals surface area contributed by atoms with Crippen LogP contribution in [-0.4, -0.2) is 42.2 Å². The standard InChI is InChI=1S/C26H30N2O6S/c1-18(20-10-12-22(32-2)24(16-20)34-4)28-26(29)21-11-13-23(33-3)25(17-21)35(30,31)27-15-14-19-8-6-5-7-9-19/h5-13,16-18,27H,14-15H2,1-4H3,(H,28,29)/t18-/m0/s1. The van der Waals surface area contributed by atoms with Crippen molar-refractivity contribution >= 4 is 15.9 Å². The summed E-state index contributed by atoms with van der Waals surface area (Å²) < 4.78 is 44.4. The van der Waals surface area contributed by atoms with Crippen LogP contribution in [-0.2, 0) is 16.4 Å². The summed E-state index contributed by atoms with van der Waals surface area (Å²) in [4.78, 5) is 12.9. The predicted molar refractivity (Wildman–Crippen MR) is 134 cm³/mol. The number of amides is 1. The van der Waals surface area contributed by atoms with Gasteiger partial charge in [-0.1, -0.05) is 36.4 Å². The smallest absolute Gasteiger partial charge is 0.251 e. The quantitative estimate of drug-likeness (QED) is 0.418. The van der Waals surface area contributed by atoms with E-state index in [9.17, 15) is 13.2 Å². The fraction of sp³-hybridized carbons (Fsp3) is 0.269. The Balaban J connectivity index is 1.76. The van der Waals surface area contributed by atoms with Gasteiger partial charge < -0.3 is 19.5 Å². The van der Waals surface area contributed by atoms with Crippen LogP contribution in [0.2, 0.25) is 0 Å². The molecule has 3 aromatic rings. The normalized spacial score (nSPS) is 12.0. The summed E-state index contributed by atoms with van der Waals surface area (Å²) in [6.07, 6.45) is 0.533. The molecule has 0 unspecified atom stereocenters. The summed E-state index contributed by atoms with van der Waals surface area (Å²) in [5.74, 6) is 0.863. The first kappa shape index (κ1) is 26.1. The van der Waals surface area contributed by atoms with Crippen molar-refractivity contribution < 1.29 is 27.4 Å². The molecule has 1 amide bonds. The Hall–Kier alpha value is -3.56. The Morgan fingerprint density at radius 3 is 2.17 bits per heavy atom. The fourth-order valence-corrected chi connectivity index (χ4v) is 4.79. The Morgan fingerprint density at radius 1 is 0.857 bits per heavy atom. The van der Waals surface area contributed by atoms with Gasteiger partial charge in [0.1, 0.15) is 10.6 Å². The topological polar surface area (TPSA) is 103 Å². The number of hydrogen-bond donors (Lipinski definition) is 2. The first-order valence-corrected chi connectivity index (χ1v) is 12.5. The number of nitrogens with one attached hydrogen (secondary N) is 2. The van der Waals surface area contributed by atoms with E-state index in [2.05, 4.69) is 10.0 Å². The second-order valence-electron chi connectivity index (χ2n) is 7.81. The summed E-state index contributed by atoms with van der Waals surface area (Å²) >= 11 is 0. The van der Waals surface area contributed by atoms with Gasteiger partial charge in [-0.2, -0.15) is 0 Å². The van der Waals surface area contributed by atoms with Crippen molar-refractivity contribution in [3.8, 4) is 17.2 Å². The highest BCUT2D eigenvalue weighted by Gasteiger charge is 2.22. The Morgan fingerprint density at radius 2 is 1.51 bits per heavy atom. The van der Waals surface area contributed by atoms with Crippen LogP contribution in [0.3, 0.4) is 0 Å². The van der Waals surface area contributed by atoms with Gasteiger partial charge in [-0.05, 0) is 54.8 Å². The number of rotatable bonds is 11. The van der Waals surface area contributed by atoms with E-state index >= 15 is 0 Å². The van der Waals surface area contributed by atoms with Crippen molar-refractivity contribution in [1.82, 2.24) is 10.0 Å². The largest absolute Gasteiger partial charge is 0.495 e. The molecular formula is C26H30N2O6S. The zero-order chi connectivity index (χ0) is 25.4. The molecule has 3 aromatic carbocycles. The molecule has 0 radical (unpaired) electrons. The second-order valence-corrected chi connectivity index (χ2v) is 9.54. The van der Waals surface area contributed by atoms with Gasteiger partial charge in [-0.15, -0.1) is 0 Å². The zero-order valence-corrected chi connectivity index (χ0v) is 21.0. The fourth-order valence-electron chi connectivity index (χ4n) is 3.57. The second kappa shape index (κ2) is 11.7. The summed E-state index contributed by atoms with van der Waals surface area (Å²) in [6, 6.07) is 18.9. The van der Waals surface area contributed by atoms with Crippen LogP contribution >= 0.6 is 0 Å². The molecule has 0 aliphatic carbocycles. The first-order valence-electron chi connectivity index (χ1n) is 11.0. The number of hydrogen-bond acceptors (Lipinski definition) is 6. The van der Waals surface area contributed by atoms with E-state index in [4.69, 9.17) is 14.2 Å². The monoisotopic (exact) mass is 498 g/mol. The summed E-state index contributed by atoms with van der Waals surface area (Å²) in [5.41, 5.74) is 2.01. The van der Waals surface area contributed by atoms with Crippen molar-refractivity contribution in [2.75, 3.05) is 27.9 Å². The van der Waals surface area contributed by atoms with Gasteiger partial charge in [0.15, 0.2) is 11.5 Å². The lowest BCUT2D eigenvalue weighted by Crippen LogP contribution is -2.28. The molecule has 1 atom stereocenters. The van der Waals surface area contributed by atoms with Crippen molar-refractivity contribution in [2.45, 2.75) is 24.3 Å². The maximum atomic E-state index is 13.0. The highest BCUT2D eigenvalue weighted by atomic mass is 32.2. The molecule has 0 fully saturated rings. The van der Waals surface area contributed by atoms with Crippen molar-refractivity contribution in [1.29, 1.82) is 0 Å². The van der Waals surface area contributed by atoms with Crippen LogP contribution < -0.4 is 24.2 Å². The van der Waals surface area contributed by atoms with Crippen LogP contribution in [0.5, 0.6) is 17.2 Å². The molecule has 0 saturated heterocycles. The van der Waals surface area contributed by atoms with Crippen LogP contribution in [0.1, 0.15) is 34.5 Å². The van der Waals surface area contributed by atoms with Gasteiger partial charge in [0.05, 0.1) is 27.4 Å². The van der Waals surface area contributed by atoms with Gasteiger partial charge in [0, 0.05) is 12.1 Å². The minimum Gasteiger partial charge on any atom is -0.495 e. The molecule has 0 aromatic heterocycles. The molecular weight excluding hydrogens is 468 g/mol. The summed E-state index contributed by atoms with van der Waals surface area (Å²) in [7, 11) is 0.564. The molecule has 8 nitrogen and oxygen atoms in total. The van der Waals surface area contributed by atoms with Crippen LogP contribution in [0.15, 0.2) is 71.6 Å². The predicted octanol–water partition coefficient (Wildman–Crippen LogP) is 3.72. The van der Waals surface area contributed by atoms with E-state index in [1.807, 2.05) is 43.3 Å². The van der Waals surface area contributed by atoms with Crippen LogP contribution in [0.25, 0.3) is 0 Å². The van der Waals surface area contributed by atoms with E-state index in [1.54, 1.807) is 19.2 Å². The van der Waals surface area contributed by atoms with Gasteiger partial charge in [-0.25, -0.2) is 13.1 Å². The molecule has 0 spiro atoms. The van der Waals surface area contributed by atoms with Gasteiger partial charge in [-0.3, -0.25) is 4.79 Å². The third-order valence-electron chi connectivity index (χ3n) is 5.52. The van der Waals surface area contributed by atoms with Gasteiger partial charge in [0.25, 0.3) is 5.91 Å². The van der Waals surface area contributed by atoms with Crippen LogP contribution in [0, 0.1) is 0 Å². The third-order valence-corrected chi connectivity index (χ3v) is 7.00. The molecule has 0 bridgehead atoms. The minimum atomic E-state index is -3.91. The molecule has 9 heteroatoms. The molecule has 0 heterocycles. The van der Waals surface area contributed by atoms with E-state index in [0.717, 1.165) is 11.1 Å². The molecule has 2 N–H and O–H groups in total. The first-order chi connectivity index (χ1) is 16.8. The molecule has 186 valence electrons. The average molecular weight is 499 g/mol. The zero-order valence-electron chi connectivity index (χ0n) is 20.2. The van der Waals surface area contributed by atoms with Crippen molar-refractivity contribution in [2.24, 2.45) is 0 Å². The average Bonchev–Trinajstić information content (AvgIpc) is 2.88. The number of ether oxygens (including phenoxy) is 3. The van der Waals surface area contributed by atoms with E-state index in [1.165, 1.54) is 32.4 Å². The van der Waals surface area contributed by atoms with Crippen molar-refractivity contribution in [3.05, 3.63) is 83.4 Å². The maximum Gasteiger partial charge on any atom is 0.251 e. The number of methoxy groups -OCH3 is 3. The van der Waals surface area contributed by atoms with Gasteiger partial charge in [0.2, 0.25) is 10.0 Å². The van der Waals surface area contributed by atoms with Gasteiger partial charge >= 0.3 is 0 Å². The molecule has 0 aliphatic heterocycles. The third kappa shape index (κ3) is 6.52. The molecule has 3 rings (SSSR count). The molecule has 35 heavy (non-hydrogen) atoms. The lowest BCUT2D eigenvalue weighted by molar-refractivity contribution is 0.0939. The van der Waals surface area contributed by atoms with Crippen LogP contribution in [0.4, 0.5) is 0 Å². The molecule has 0 aliphatic rings. The van der Waals surface area contributed by atoms with E-state index in [-0.39, 0.29) is 28.8 Å². The van der Waals surface area contributed by atoms with E-state index < -0.39 is 15.9 Å². The van der Waals surface area contributed by atoms with E-state index in [0.29, 0.717) is 17.9 Å². The Kier molecular flexibility index (Phi) is 8.73. The minimum absolute atomic E-state index is 0.0977. The number of carbonyl (C=O) groups is 1. The molecule has 0 saturated carbocycles. The lowest BCUT2D eigenvalue weighted by atomic mass is 10.1. The highest BCUT2D eigenvalue weighted by molar-refractivity contribution is 7.89. The maximum absolute atomic E-state index is 13.0. The number of carbonyl (C=O) groups excluding carboxylic acids is 1. The highest BCUT2D eigenvalue weighted by Crippen LogP contribution is 2.30. The summed E-state index contributed by atoms with van der Waals surface area (Å²) in [6.45, 7) is 2.04. The Labute approximate surface area is 206 Å². The SMILES string of the molecule is COc1ccc([C@H](C)NC(=O)c2ccc(OC)c(S(=O)(=O)NCCc3ccccc3)c2)cc1OC. The lowest BCUT2D eigenvalue weighted by Gasteiger charge is -2.17. The van der Waals surface area contributed by atoms with Crippen molar-refractivity contribution in [3.63, 3.8) is 0 Å². The Bertz CT molecular complexity index is 1260. The number of sulfonamides is 1. The number of benzene rings is 3.